The van der Waals surface area contributed by atoms with Gasteiger partial charge in [0.05, 0.1) is 43.3 Å². The zero-order valence-corrected chi connectivity index (χ0v) is 36.8. The molecule has 17 nitrogen and oxygen atoms in total. The van der Waals surface area contributed by atoms with E-state index in [0.29, 0.717) is 59.3 Å². The van der Waals surface area contributed by atoms with Gasteiger partial charge in [-0.2, -0.15) is 0 Å². The van der Waals surface area contributed by atoms with Crippen molar-refractivity contribution < 1.29 is 48.8 Å². The number of aliphatic hydroxyl groups is 3. The fraction of sp³-hybridized carbons (Fsp3) is 0.511. The Labute approximate surface area is 364 Å². The predicted octanol–water partition coefficient (Wildman–Crippen LogP) is 5.10. The van der Waals surface area contributed by atoms with Crippen LogP contribution in [0.5, 0.6) is 11.5 Å². The maximum Gasteiger partial charge on any atom is 0.272 e. The van der Waals surface area contributed by atoms with Crippen molar-refractivity contribution in [1.29, 1.82) is 0 Å². The third-order valence-electron chi connectivity index (χ3n) is 9.66. The first-order valence-electron chi connectivity index (χ1n) is 21.3. The minimum Gasteiger partial charge on any atom is -0.490 e. The Morgan fingerprint density at radius 2 is 1.63 bits per heavy atom. The molecule has 3 unspecified atom stereocenters. The molecule has 0 aliphatic carbocycles. The summed E-state index contributed by atoms with van der Waals surface area (Å²) in [5.41, 5.74) is 3.05. The van der Waals surface area contributed by atoms with Crippen LogP contribution in [0, 0.1) is 12.8 Å². The van der Waals surface area contributed by atoms with Gasteiger partial charge >= 0.3 is 0 Å². The van der Waals surface area contributed by atoms with E-state index < -0.39 is 18.1 Å². The number of aryl methyl sites for hydroxylation is 2. The van der Waals surface area contributed by atoms with Gasteiger partial charge in [0, 0.05) is 69.3 Å². The van der Waals surface area contributed by atoms with Crippen molar-refractivity contribution >= 4 is 59.0 Å². The number of carbonyl (C=O) groups excluding carboxylic acids is 5. The number of anilines is 3. The van der Waals surface area contributed by atoms with E-state index in [-0.39, 0.29) is 75.3 Å². The summed E-state index contributed by atoms with van der Waals surface area (Å²) in [5, 5.41) is 40.3. The van der Waals surface area contributed by atoms with Crippen LogP contribution in [-0.2, 0) is 26.2 Å². The molecule has 5 amide bonds. The summed E-state index contributed by atoms with van der Waals surface area (Å²) in [5.74, 6) is -0.471. The van der Waals surface area contributed by atoms with Gasteiger partial charge in [0.1, 0.15) is 11.8 Å². The van der Waals surface area contributed by atoms with Crippen LogP contribution in [0.2, 0.25) is 0 Å². The molecule has 2 heterocycles. The molecular formula is C45H65N7O10. The summed E-state index contributed by atoms with van der Waals surface area (Å²) < 4.78 is 13.8. The quantitative estimate of drug-likeness (QED) is 0.0379. The van der Waals surface area contributed by atoms with Gasteiger partial charge in [-0.05, 0) is 86.9 Å². The topological polar surface area (TPSA) is 233 Å². The number of likely N-dealkylation sites (tertiary alicyclic amines) is 1. The Balaban J connectivity index is 0.00000504. The SMILES string of the molecule is CC.Cc1cc(OC(CO)CC(O)CCO)c(OCCCC(=O)Nc2cc(C(=O)Nc3ccc(NC(=O)CNC(=O)CC(C)C)cc3)n(C)c2)cc1N=CC1CCCCN1C=O. The van der Waals surface area contributed by atoms with Crippen LogP contribution >= 0.6 is 0 Å². The second kappa shape index (κ2) is 26.5. The van der Waals surface area contributed by atoms with Crippen molar-refractivity contribution in [3.8, 4) is 11.5 Å². The number of aliphatic hydroxyl groups excluding tert-OH is 3. The van der Waals surface area contributed by atoms with Crippen molar-refractivity contribution in [2.45, 2.75) is 104 Å². The molecule has 2 aromatic carbocycles. The first-order chi connectivity index (χ1) is 29.8. The highest BCUT2D eigenvalue weighted by molar-refractivity contribution is 6.05. The largest absolute Gasteiger partial charge is 0.490 e. The molecule has 0 radical (unpaired) electrons. The van der Waals surface area contributed by atoms with Crippen molar-refractivity contribution in [1.82, 2.24) is 14.8 Å². The summed E-state index contributed by atoms with van der Waals surface area (Å²) in [6.07, 6.45) is 6.25. The summed E-state index contributed by atoms with van der Waals surface area (Å²) in [7, 11) is 1.68. The molecule has 4 rings (SSSR count). The first kappa shape index (κ1) is 50.6. The van der Waals surface area contributed by atoms with Gasteiger partial charge in [0.25, 0.3) is 5.91 Å². The smallest absolute Gasteiger partial charge is 0.272 e. The molecule has 340 valence electrons. The third kappa shape index (κ3) is 16.9. The first-order valence-corrected chi connectivity index (χ1v) is 21.3. The number of hydrogen-bond donors (Lipinski definition) is 7. The molecule has 1 aromatic heterocycles. The molecule has 17 heteroatoms. The lowest BCUT2D eigenvalue weighted by Gasteiger charge is -2.29. The highest BCUT2D eigenvalue weighted by Crippen LogP contribution is 2.36. The highest BCUT2D eigenvalue weighted by Gasteiger charge is 2.22. The van der Waals surface area contributed by atoms with Crippen LogP contribution < -0.4 is 30.7 Å². The molecule has 7 N–H and O–H groups in total. The average Bonchev–Trinajstić information content (AvgIpc) is 3.62. The van der Waals surface area contributed by atoms with Crippen molar-refractivity contribution in [3.63, 3.8) is 0 Å². The normalized spacial score (nSPS) is 14.6. The number of benzene rings is 2. The molecule has 0 bridgehead atoms. The van der Waals surface area contributed by atoms with Crippen LogP contribution in [0.25, 0.3) is 0 Å². The molecule has 3 atom stereocenters. The van der Waals surface area contributed by atoms with Crippen molar-refractivity contribution in [3.05, 3.63) is 59.9 Å². The number of nitrogens with one attached hydrogen (secondary N) is 4. The maximum absolute atomic E-state index is 13.1. The summed E-state index contributed by atoms with van der Waals surface area (Å²) in [6, 6.07) is 11.4. The Morgan fingerprint density at radius 3 is 2.29 bits per heavy atom. The number of aliphatic imine (C=N–C) groups is 1. The second-order valence-electron chi connectivity index (χ2n) is 15.3. The Hall–Kier alpha value is -5.78. The van der Waals surface area contributed by atoms with Crippen LogP contribution in [0.3, 0.4) is 0 Å². The zero-order chi connectivity index (χ0) is 45.6. The lowest BCUT2D eigenvalue weighted by atomic mass is 10.0. The van der Waals surface area contributed by atoms with Crippen LogP contribution in [-0.4, -0.2) is 112 Å². The standard InChI is InChI=1S/C43H59N7O10.C2H6/c1-28(2)18-41(56)45-24-42(57)46-30-10-12-31(13-11-30)48-43(58)37-20-32(25-49(37)4)47-40(55)9-7-17-59-38-22-36(44-23-33-8-5-6-15-50(33)27-53)29(3)19-39(38)60-35(26-52)21-34(54)14-16-51;1-2/h10-13,19-20,22-23,25,27-28,33-35,51-52,54H,5-9,14-18,21,24,26H2,1-4H3,(H,45,56)(H,46,57)(H,47,55)(H,48,58);1-2H3. The van der Waals surface area contributed by atoms with Crippen LogP contribution in [0.4, 0.5) is 22.7 Å². The number of carbonyl (C=O) groups is 5. The van der Waals surface area contributed by atoms with Gasteiger partial charge in [-0.1, -0.05) is 27.7 Å². The van der Waals surface area contributed by atoms with Crippen LogP contribution in [0.15, 0.2) is 53.7 Å². The number of rotatable bonds is 23. The summed E-state index contributed by atoms with van der Waals surface area (Å²) in [6.45, 7) is 9.73. The maximum atomic E-state index is 13.1. The van der Waals surface area contributed by atoms with E-state index in [1.807, 2.05) is 34.6 Å². The van der Waals surface area contributed by atoms with E-state index in [9.17, 15) is 39.3 Å². The number of hydrogen-bond acceptors (Lipinski definition) is 11. The minimum absolute atomic E-state index is 0.0817. The Morgan fingerprint density at radius 1 is 0.935 bits per heavy atom. The van der Waals surface area contributed by atoms with E-state index in [1.54, 1.807) is 71.4 Å². The second-order valence-corrected chi connectivity index (χ2v) is 15.3. The van der Waals surface area contributed by atoms with E-state index >= 15 is 0 Å². The van der Waals surface area contributed by atoms with E-state index in [2.05, 4.69) is 26.3 Å². The highest BCUT2D eigenvalue weighted by atomic mass is 16.5. The van der Waals surface area contributed by atoms with Gasteiger partial charge in [-0.15, -0.1) is 0 Å². The van der Waals surface area contributed by atoms with Gasteiger partial charge in [0.15, 0.2) is 11.5 Å². The molecule has 1 aliphatic heterocycles. The lowest BCUT2D eigenvalue weighted by Crippen LogP contribution is -2.39. The molecule has 1 fully saturated rings. The van der Waals surface area contributed by atoms with E-state index in [4.69, 9.17) is 9.47 Å². The minimum atomic E-state index is -0.881. The van der Waals surface area contributed by atoms with Gasteiger partial charge in [0.2, 0.25) is 24.1 Å². The fourth-order valence-electron chi connectivity index (χ4n) is 6.50. The number of amides is 5. The van der Waals surface area contributed by atoms with Gasteiger partial charge in [-0.3, -0.25) is 29.0 Å². The lowest BCUT2D eigenvalue weighted by molar-refractivity contribution is -0.124. The molecule has 0 saturated carbocycles. The van der Waals surface area contributed by atoms with Gasteiger partial charge < -0.3 is 55.5 Å². The molecule has 3 aromatic rings. The number of ether oxygens (including phenoxy) is 2. The number of aromatic nitrogens is 1. The predicted molar refractivity (Wildman–Crippen MR) is 239 cm³/mol. The van der Waals surface area contributed by atoms with E-state index in [0.717, 1.165) is 31.2 Å². The zero-order valence-electron chi connectivity index (χ0n) is 36.8. The van der Waals surface area contributed by atoms with Crippen molar-refractivity contribution in [2.24, 2.45) is 18.0 Å². The third-order valence-corrected chi connectivity index (χ3v) is 9.66. The molecular weight excluding hydrogens is 799 g/mol. The van der Waals surface area contributed by atoms with Crippen molar-refractivity contribution in [2.75, 3.05) is 48.9 Å². The number of nitrogens with zero attached hydrogens (tertiary/aromatic N) is 3. The summed E-state index contributed by atoms with van der Waals surface area (Å²) in [4.78, 5) is 68.1. The number of piperidine rings is 1. The van der Waals surface area contributed by atoms with E-state index in [1.165, 1.54) is 0 Å². The molecule has 1 aliphatic rings. The Kier molecular flexibility index (Phi) is 21.6. The average molecular weight is 864 g/mol. The molecule has 62 heavy (non-hydrogen) atoms. The fourth-order valence-corrected chi connectivity index (χ4v) is 6.50. The molecule has 0 spiro atoms. The van der Waals surface area contributed by atoms with Gasteiger partial charge in [-0.25, -0.2) is 0 Å². The monoisotopic (exact) mass is 863 g/mol. The molecule has 1 saturated heterocycles. The Bertz CT molecular complexity index is 1930. The summed E-state index contributed by atoms with van der Waals surface area (Å²) >= 11 is 0. The van der Waals surface area contributed by atoms with Crippen LogP contribution in [0.1, 0.15) is 95.1 Å².